The minimum atomic E-state index is 0.284. The summed E-state index contributed by atoms with van der Waals surface area (Å²) in [6, 6.07) is 8.92. The molecular weight excluding hydrogens is 230 g/mol. The first-order valence-electron chi connectivity index (χ1n) is 4.49. The van der Waals surface area contributed by atoms with Crippen molar-refractivity contribution in [3.05, 3.63) is 34.3 Å². The molecule has 1 aromatic rings. The second kappa shape index (κ2) is 2.80. The van der Waals surface area contributed by atoms with Gasteiger partial charge in [-0.1, -0.05) is 28.1 Å². The molecule has 13 heavy (non-hydrogen) atoms. The first-order chi connectivity index (χ1) is 6.34. The van der Waals surface area contributed by atoms with Crippen molar-refractivity contribution in [1.29, 1.82) is 0 Å². The van der Waals surface area contributed by atoms with Crippen LogP contribution in [-0.4, -0.2) is 18.7 Å². The van der Waals surface area contributed by atoms with Gasteiger partial charge in [-0.25, -0.2) is 0 Å². The van der Waals surface area contributed by atoms with Crippen LogP contribution >= 0.6 is 15.9 Å². The van der Waals surface area contributed by atoms with Gasteiger partial charge in [-0.05, 0) is 17.7 Å². The Morgan fingerprint density at radius 3 is 2.54 bits per heavy atom. The Hall–Kier alpha value is -0.380. The molecule has 2 fully saturated rings. The molecule has 0 aliphatic carbocycles. The summed E-state index contributed by atoms with van der Waals surface area (Å²) in [7, 11) is 0. The van der Waals surface area contributed by atoms with Crippen molar-refractivity contribution < 1.29 is 4.74 Å². The van der Waals surface area contributed by atoms with Gasteiger partial charge < -0.3 is 10.1 Å². The van der Waals surface area contributed by atoms with E-state index in [1.165, 1.54) is 5.56 Å². The minimum absolute atomic E-state index is 0.284. The maximum atomic E-state index is 5.69. The Labute approximate surface area is 85.4 Å². The second-order valence-electron chi connectivity index (χ2n) is 3.58. The van der Waals surface area contributed by atoms with Crippen LogP contribution < -0.4 is 5.32 Å². The second-order valence-corrected chi connectivity index (χ2v) is 4.50. The van der Waals surface area contributed by atoms with E-state index in [2.05, 4.69) is 45.5 Å². The van der Waals surface area contributed by atoms with E-state index in [9.17, 15) is 0 Å². The largest absolute Gasteiger partial charge is 0.365 e. The smallest absolute Gasteiger partial charge is 0.101 e. The van der Waals surface area contributed by atoms with Gasteiger partial charge in [0.05, 0.1) is 12.1 Å². The average Bonchev–Trinajstić information content (AvgIpc) is 2.12. The molecular formula is C10H10BrNO. The van der Waals surface area contributed by atoms with Crippen LogP contribution in [-0.2, 0) is 4.74 Å². The minimum Gasteiger partial charge on any atom is -0.365 e. The van der Waals surface area contributed by atoms with Gasteiger partial charge in [-0.3, -0.25) is 0 Å². The van der Waals surface area contributed by atoms with Crippen molar-refractivity contribution in [3.8, 4) is 0 Å². The van der Waals surface area contributed by atoms with E-state index in [0.29, 0.717) is 12.1 Å². The molecule has 0 spiro atoms. The van der Waals surface area contributed by atoms with Gasteiger partial charge in [0.15, 0.2) is 0 Å². The number of hydrogen-bond donors (Lipinski definition) is 1. The van der Waals surface area contributed by atoms with E-state index >= 15 is 0 Å². The van der Waals surface area contributed by atoms with Gasteiger partial charge in [-0.2, -0.15) is 0 Å². The first kappa shape index (κ1) is 7.97. The highest BCUT2D eigenvalue weighted by atomic mass is 79.9. The maximum Gasteiger partial charge on any atom is 0.101 e. The lowest BCUT2D eigenvalue weighted by molar-refractivity contribution is -0.203. The predicted molar refractivity (Wildman–Crippen MR) is 53.5 cm³/mol. The molecule has 0 saturated carbocycles. The van der Waals surface area contributed by atoms with Gasteiger partial charge in [0.25, 0.3) is 0 Å². The number of halogens is 1. The van der Waals surface area contributed by atoms with Crippen LogP contribution in [0.2, 0.25) is 0 Å². The molecule has 2 heterocycles. The predicted octanol–water partition coefficient (Wildman–Crippen LogP) is 1.86. The molecule has 2 aliphatic heterocycles. The normalized spacial score (nSPS) is 35.9. The third-order valence-corrected chi connectivity index (χ3v) is 3.33. The zero-order valence-corrected chi connectivity index (χ0v) is 8.62. The molecule has 2 saturated heterocycles. The quantitative estimate of drug-likeness (QED) is 0.808. The number of benzene rings is 1. The van der Waals surface area contributed by atoms with Crippen molar-refractivity contribution >= 4 is 15.9 Å². The van der Waals surface area contributed by atoms with Gasteiger partial charge in [0.2, 0.25) is 0 Å². The Morgan fingerprint density at radius 1 is 1.31 bits per heavy atom. The lowest BCUT2D eigenvalue weighted by Crippen LogP contribution is -2.69. The summed E-state index contributed by atoms with van der Waals surface area (Å²) >= 11 is 3.42. The van der Waals surface area contributed by atoms with Crippen molar-refractivity contribution in [2.45, 2.75) is 18.2 Å². The van der Waals surface area contributed by atoms with E-state index in [1.807, 2.05) is 0 Å². The number of rotatable bonds is 1. The van der Waals surface area contributed by atoms with Crippen LogP contribution in [0.1, 0.15) is 11.7 Å². The lowest BCUT2D eigenvalue weighted by atomic mass is 9.86. The third-order valence-electron chi connectivity index (χ3n) is 2.80. The topological polar surface area (TPSA) is 21.3 Å². The molecule has 2 nitrogen and oxygen atoms in total. The van der Waals surface area contributed by atoms with E-state index < -0.39 is 0 Å². The summed E-state index contributed by atoms with van der Waals surface area (Å²) < 4.78 is 6.81. The highest BCUT2D eigenvalue weighted by Crippen LogP contribution is 2.39. The standard InChI is InChI=1S/C10H10BrNO/c11-7-3-1-6(2-4-7)10-9-8(13-10)5-12-9/h1-4,8-10,12H,5H2/t8?,9-,10+/m1/s1. The summed E-state index contributed by atoms with van der Waals surface area (Å²) in [6.45, 7) is 1.03. The summed E-state index contributed by atoms with van der Waals surface area (Å²) in [4.78, 5) is 0. The van der Waals surface area contributed by atoms with Crippen LogP contribution in [0.3, 0.4) is 0 Å². The molecule has 3 rings (SSSR count). The van der Waals surface area contributed by atoms with E-state index in [-0.39, 0.29) is 6.10 Å². The zero-order valence-electron chi connectivity index (χ0n) is 7.03. The Kier molecular flexibility index (Phi) is 1.72. The van der Waals surface area contributed by atoms with E-state index in [0.717, 1.165) is 11.0 Å². The van der Waals surface area contributed by atoms with Crippen LogP contribution in [0.5, 0.6) is 0 Å². The molecule has 0 bridgehead atoms. The summed E-state index contributed by atoms with van der Waals surface area (Å²) in [5.74, 6) is 0. The van der Waals surface area contributed by atoms with E-state index in [1.54, 1.807) is 0 Å². The van der Waals surface area contributed by atoms with Gasteiger partial charge in [-0.15, -0.1) is 0 Å². The van der Waals surface area contributed by atoms with Crippen molar-refractivity contribution in [2.75, 3.05) is 6.54 Å². The fourth-order valence-electron chi connectivity index (χ4n) is 1.91. The molecule has 3 atom stereocenters. The first-order valence-corrected chi connectivity index (χ1v) is 5.28. The summed E-state index contributed by atoms with van der Waals surface area (Å²) in [6.07, 6.45) is 0.764. The number of fused-ring (bicyclic) bond motifs is 1. The lowest BCUT2D eigenvalue weighted by Gasteiger charge is -2.53. The Balaban J connectivity index is 1.81. The third kappa shape index (κ3) is 1.15. The molecule has 0 aromatic heterocycles. The Bertz CT molecular complexity index is 324. The molecule has 1 N–H and O–H groups in total. The van der Waals surface area contributed by atoms with E-state index in [4.69, 9.17) is 4.74 Å². The summed E-state index contributed by atoms with van der Waals surface area (Å²) in [5.41, 5.74) is 1.27. The number of hydrogen-bond acceptors (Lipinski definition) is 2. The maximum absolute atomic E-state index is 5.69. The fraction of sp³-hybridized carbons (Fsp3) is 0.400. The van der Waals surface area contributed by atoms with Gasteiger partial charge >= 0.3 is 0 Å². The molecule has 3 heteroatoms. The highest BCUT2D eigenvalue weighted by molar-refractivity contribution is 9.10. The van der Waals surface area contributed by atoms with Crippen LogP contribution in [0.25, 0.3) is 0 Å². The number of ether oxygens (including phenoxy) is 1. The Morgan fingerprint density at radius 2 is 2.08 bits per heavy atom. The molecule has 0 radical (unpaired) electrons. The van der Waals surface area contributed by atoms with Crippen molar-refractivity contribution in [3.63, 3.8) is 0 Å². The molecule has 68 valence electrons. The van der Waals surface area contributed by atoms with Crippen LogP contribution in [0, 0.1) is 0 Å². The SMILES string of the molecule is Brc1ccc([C@@H]2OC3CN[C@H]32)cc1. The van der Waals surface area contributed by atoms with Gasteiger partial charge in [0, 0.05) is 11.0 Å². The molecule has 1 unspecified atom stereocenters. The van der Waals surface area contributed by atoms with Gasteiger partial charge in [0.1, 0.15) is 6.10 Å². The fourth-order valence-corrected chi connectivity index (χ4v) is 2.17. The van der Waals surface area contributed by atoms with Crippen LogP contribution in [0.4, 0.5) is 0 Å². The average molecular weight is 240 g/mol. The monoisotopic (exact) mass is 239 g/mol. The van der Waals surface area contributed by atoms with Crippen molar-refractivity contribution in [2.24, 2.45) is 0 Å². The van der Waals surface area contributed by atoms with Crippen LogP contribution in [0.15, 0.2) is 28.7 Å². The molecule has 1 aromatic carbocycles. The zero-order chi connectivity index (χ0) is 8.84. The summed E-state index contributed by atoms with van der Waals surface area (Å²) in [5, 5.41) is 3.37. The number of morpholine rings is 1. The molecule has 2 aliphatic rings. The van der Waals surface area contributed by atoms with Crippen molar-refractivity contribution in [1.82, 2.24) is 5.32 Å². The highest BCUT2D eigenvalue weighted by Gasteiger charge is 2.49. The molecule has 0 amide bonds. The number of nitrogens with one attached hydrogen (secondary N) is 1.